The normalized spacial score (nSPS) is 10.1. The molecule has 2 nitrogen and oxygen atoms in total. The molecule has 0 amide bonds. The van der Waals surface area contributed by atoms with Gasteiger partial charge in [-0.25, -0.2) is 0 Å². The predicted molar refractivity (Wildman–Crippen MR) is 148 cm³/mol. The first kappa shape index (κ1) is 25.7. The number of fused-ring (bicyclic) bond motifs is 1. The van der Waals surface area contributed by atoms with Gasteiger partial charge in [-0.2, -0.15) is 0 Å². The maximum atomic E-state index is 4.49. The van der Waals surface area contributed by atoms with Crippen LogP contribution in [0.5, 0.6) is 0 Å². The van der Waals surface area contributed by atoms with Gasteiger partial charge in [0.1, 0.15) is 0 Å². The average Bonchev–Trinajstić information content (AvgIpc) is 2.94. The van der Waals surface area contributed by atoms with Crippen LogP contribution in [0.15, 0.2) is 132 Å². The van der Waals surface area contributed by atoms with Crippen molar-refractivity contribution >= 4 is 26.7 Å². The fraction of sp³-hybridized carbons (Fsp3) is 0. The zero-order valence-corrected chi connectivity index (χ0v) is 23.2. The van der Waals surface area contributed by atoms with Gasteiger partial charge in [0.05, 0.1) is 0 Å². The van der Waals surface area contributed by atoms with Gasteiger partial charge in [-0.05, 0) is 39.4 Å². The molecule has 0 saturated carbocycles. The molecule has 0 saturated heterocycles. The average molecular weight is 706 g/mol. The van der Waals surface area contributed by atoms with Crippen molar-refractivity contribution in [3.05, 3.63) is 144 Å². The molecular formula is C32H21BrIrN2-2. The van der Waals surface area contributed by atoms with Gasteiger partial charge in [0, 0.05) is 32.5 Å². The van der Waals surface area contributed by atoms with Gasteiger partial charge in [-0.15, -0.1) is 65.7 Å². The summed E-state index contributed by atoms with van der Waals surface area (Å²) in [5.41, 5.74) is 6.29. The second-order valence-corrected chi connectivity index (χ2v) is 8.79. The fourth-order valence-electron chi connectivity index (χ4n) is 3.82. The Labute approximate surface area is 233 Å². The topological polar surface area (TPSA) is 25.8 Å². The Morgan fingerprint density at radius 2 is 1.39 bits per heavy atom. The monoisotopic (exact) mass is 705 g/mol. The Morgan fingerprint density at radius 1 is 0.611 bits per heavy atom. The first-order valence-electron chi connectivity index (χ1n) is 11.3. The Bertz CT molecular complexity index is 1470. The minimum absolute atomic E-state index is 0. The quantitative estimate of drug-likeness (QED) is 0.172. The van der Waals surface area contributed by atoms with E-state index in [2.05, 4.69) is 68.4 Å². The van der Waals surface area contributed by atoms with Gasteiger partial charge >= 0.3 is 0 Å². The molecule has 6 aromatic rings. The number of nitrogens with zero attached hydrogens (tertiary/aromatic N) is 2. The summed E-state index contributed by atoms with van der Waals surface area (Å²) in [4.78, 5) is 8.96. The summed E-state index contributed by atoms with van der Waals surface area (Å²) in [7, 11) is 0. The van der Waals surface area contributed by atoms with Crippen molar-refractivity contribution in [2.45, 2.75) is 0 Å². The van der Waals surface area contributed by atoms with Gasteiger partial charge in [0.15, 0.2) is 0 Å². The van der Waals surface area contributed by atoms with Crippen LogP contribution < -0.4 is 0 Å². The maximum Gasteiger partial charge on any atom is 0.0239 e. The molecule has 6 rings (SSSR count). The third kappa shape index (κ3) is 6.22. The van der Waals surface area contributed by atoms with E-state index in [1.165, 1.54) is 10.9 Å². The summed E-state index contributed by atoms with van der Waals surface area (Å²) in [5.74, 6) is 0. The number of hydrogen-bond acceptors (Lipinski definition) is 2. The van der Waals surface area contributed by atoms with Crippen molar-refractivity contribution in [3.63, 3.8) is 0 Å². The number of hydrogen-bond donors (Lipinski definition) is 0. The van der Waals surface area contributed by atoms with Crippen molar-refractivity contribution in [1.29, 1.82) is 0 Å². The van der Waals surface area contributed by atoms with Crippen LogP contribution in [0.2, 0.25) is 0 Å². The van der Waals surface area contributed by atoms with Crippen molar-refractivity contribution < 1.29 is 20.1 Å². The molecule has 0 aliphatic heterocycles. The Morgan fingerprint density at radius 3 is 2.14 bits per heavy atom. The van der Waals surface area contributed by atoms with E-state index < -0.39 is 0 Å². The molecule has 2 heterocycles. The fourth-order valence-corrected chi connectivity index (χ4v) is 4.18. The summed E-state index contributed by atoms with van der Waals surface area (Å²) in [6, 6.07) is 44.9. The molecule has 0 aliphatic carbocycles. The summed E-state index contributed by atoms with van der Waals surface area (Å²) in [5, 5.41) is 2.36. The minimum Gasteiger partial charge on any atom is -0.304 e. The van der Waals surface area contributed by atoms with Crippen LogP contribution in [0.25, 0.3) is 44.4 Å². The molecule has 0 atom stereocenters. The first-order valence-corrected chi connectivity index (χ1v) is 12.1. The molecule has 0 bridgehead atoms. The van der Waals surface area contributed by atoms with E-state index in [1.54, 1.807) is 0 Å². The van der Waals surface area contributed by atoms with Crippen molar-refractivity contribution in [2.75, 3.05) is 0 Å². The summed E-state index contributed by atoms with van der Waals surface area (Å²) in [6.45, 7) is 0. The smallest absolute Gasteiger partial charge is 0.0239 e. The zero-order valence-electron chi connectivity index (χ0n) is 19.2. The zero-order chi connectivity index (χ0) is 23.9. The molecule has 1 radical (unpaired) electrons. The van der Waals surface area contributed by atoms with E-state index in [-0.39, 0.29) is 20.1 Å². The van der Waals surface area contributed by atoms with E-state index in [0.29, 0.717) is 0 Å². The van der Waals surface area contributed by atoms with E-state index in [0.717, 1.165) is 37.9 Å². The predicted octanol–water partition coefficient (Wildman–Crippen LogP) is 8.68. The second kappa shape index (κ2) is 12.5. The van der Waals surface area contributed by atoms with E-state index in [4.69, 9.17) is 0 Å². The maximum absolute atomic E-state index is 4.49. The first-order chi connectivity index (χ1) is 17.3. The molecule has 4 aromatic carbocycles. The van der Waals surface area contributed by atoms with Gasteiger partial charge < -0.3 is 9.97 Å². The van der Waals surface area contributed by atoms with Crippen LogP contribution in [0, 0.1) is 12.1 Å². The molecule has 0 unspecified atom stereocenters. The van der Waals surface area contributed by atoms with Crippen LogP contribution in [0.4, 0.5) is 0 Å². The molecule has 177 valence electrons. The van der Waals surface area contributed by atoms with Gasteiger partial charge in [0.25, 0.3) is 0 Å². The number of halogens is 1. The van der Waals surface area contributed by atoms with Crippen LogP contribution in [-0.2, 0) is 20.1 Å². The van der Waals surface area contributed by atoms with Gasteiger partial charge in [0.2, 0.25) is 0 Å². The Balaban J connectivity index is 0.000000165. The molecule has 0 spiro atoms. The SMILES string of the molecule is Brc1cc[c-]c(-c2nccc3ccccc23)c1.[Ir].[c-]1ccccc1-c1ccc(-c2ccccc2)cn1. The largest absolute Gasteiger partial charge is 0.304 e. The molecular weight excluding hydrogens is 684 g/mol. The van der Waals surface area contributed by atoms with Crippen LogP contribution in [0.3, 0.4) is 0 Å². The number of aromatic nitrogens is 2. The van der Waals surface area contributed by atoms with Crippen molar-refractivity contribution in [3.8, 4) is 33.6 Å². The molecule has 0 N–H and O–H groups in total. The molecule has 4 heteroatoms. The van der Waals surface area contributed by atoms with Crippen molar-refractivity contribution in [1.82, 2.24) is 9.97 Å². The van der Waals surface area contributed by atoms with Gasteiger partial charge in [-0.1, -0.05) is 87.1 Å². The second-order valence-electron chi connectivity index (χ2n) is 7.88. The van der Waals surface area contributed by atoms with E-state index >= 15 is 0 Å². The minimum atomic E-state index is 0. The number of pyridine rings is 2. The number of benzene rings is 4. The molecule has 2 aromatic heterocycles. The third-order valence-corrected chi connectivity index (χ3v) is 6.04. The third-order valence-electron chi connectivity index (χ3n) is 5.55. The number of rotatable bonds is 3. The van der Waals surface area contributed by atoms with Crippen LogP contribution in [0.1, 0.15) is 0 Å². The Hall–Kier alpha value is -3.43. The molecule has 36 heavy (non-hydrogen) atoms. The summed E-state index contributed by atoms with van der Waals surface area (Å²) < 4.78 is 1.04. The molecule has 0 fully saturated rings. The van der Waals surface area contributed by atoms with E-state index in [1.807, 2.05) is 97.3 Å². The van der Waals surface area contributed by atoms with Crippen molar-refractivity contribution in [2.24, 2.45) is 0 Å². The van der Waals surface area contributed by atoms with Gasteiger partial charge in [-0.3, -0.25) is 0 Å². The standard InChI is InChI=1S/C17H12N.C15H9BrN.Ir/c1-3-7-14(8-4-1)16-11-12-17(18-13-16)15-9-5-2-6-10-15;16-13-6-3-5-12(10-13)15-14-7-2-1-4-11(14)8-9-17-15;/h1-9,11-13H;1-4,6-10H;/q2*-1;. The molecule has 0 aliphatic rings. The van der Waals surface area contributed by atoms with E-state index in [9.17, 15) is 0 Å². The van der Waals surface area contributed by atoms with Crippen LogP contribution in [-0.4, -0.2) is 9.97 Å². The summed E-state index contributed by atoms with van der Waals surface area (Å²) in [6.07, 6.45) is 3.75. The Kier molecular flexibility index (Phi) is 8.91. The summed E-state index contributed by atoms with van der Waals surface area (Å²) >= 11 is 3.48. The van der Waals surface area contributed by atoms with Crippen LogP contribution >= 0.6 is 15.9 Å².